The van der Waals surface area contributed by atoms with Crippen LogP contribution in [0, 0.1) is 0 Å². The molecule has 1 N–H and O–H groups in total. The summed E-state index contributed by atoms with van der Waals surface area (Å²) in [6.07, 6.45) is 2.70. The lowest BCUT2D eigenvalue weighted by atomic mass is 9.99. The third-order valence-corrected chi connectivity index (χ3v) is 3.66. The van der Waals surface area contributed by atoms with Crippen molar-refractivity contribution in [3.63, 3.8) is 0 Å². The molecule has 0 fully saturated rings. The summed E-state index contributed by atoms with van der Waals surface area (Å²) in [5.41, 5.74) is 0.394. The Kier molecular flexibility index (Phi) is 4.34. The standard InChI is InChI=1S/C17H15N3O5/c1-23-9-4-5-10(11(8-9)24-2)20-14-15(21)12-13(19-7-6-18-12)16(22)17(14)25-3/h4-8,20H,1-3H3. The van der Waals surface area contributed by atoms with E-state index in [-0.39, 0.29) is 22.8 Å². The maximum Gasteiger partial charge on any atom is 0.250 e. The summed E-state index contributed by atoms with van der Waals surface area (Å²) >= 11 is 0. The number of carbonyl (C=O) groups is 2. The predicted octanol–water partition coefficient (Wildman–Crippen LogP) is 1.84. The Morgan fingerprint density at radius 2 is 1.56 bits per heavy atom. The van der Waals surface area contributed by atoms with Gasteiger partial charge in [-0.1, -0.05) is 0 Å². The molecule has 0 spiro atoms. The fraction of sp³-hybridized carbons (Fsp3) is 0.176. The number of ether oxygens (including phenoxy) is 3. The van der Waals surface area contributed by atoms with Crippen LogP contribution >= 0.6 is 0 Å². The highest BCUT2D eigenvalue weighted by atomic mass is 16.5. The van der Waals surface area contributed by atoms with Crippen LogP contribution in [0.3, 0.4) is 0 Å². The van der Waals surface area contributed by atoms with E-state index in [0.717, 1.165) is 0 Å². The molecule has 2 aromatic rings. The molecule has 0 radical (unpaired) electrons. The Morgan fingerprint density at radius 3 is 2.16 bits per heavy atom. The summed E-state index contributed by atoms with van der Waals surface area (Å²) in [6, 6.07) is 5.01. The number of aromatic nitrogens is 2. The number of carbonyl (C=O) groups excluding carboxylic acids is 2. The number of Topliss-reactive ketones (excluding diaryl/α,β-unsaturated/α-hetero) is 2. The van der Waals surface area contributed by atoms with E-state index in [1.807, 2.05) is 0 Å². The van der Waals surface area contributed by atoms with Gasteiger partial charge in [0.05, 0.1) is 27.0 Å². The number of hydrogen-bond acceptors (Lipinski definition) is 8. The molecule has 1 aromatic heterocycles. The van der Waals surface area contributed by atoms with Crippen molar-refractivity contribution in [1.82, 2.24) is 9.97 Å². The number of allylic oxidation sites excluding steroid dienone is 2. The zero-order valence-corrected chi connectivity index (χ0v) is 13.8. The van der Waals surface area contributed by atoms with Gasteiger partial charge < -0.3 is 19.5 Å². The van der Waals surface area contributed by atoms with Crippen molar-refractivity contribution >= 4 is 17.3 Å². The van der Waals surface area contributed by atoms with Crippen molar-refractivity contribution in [2.24, 2.45) is 0 Å². The minimum absolute atomic E-state index is 0.0241. The lowest BCUT2D eigenvalue weighted by Crippen LogP contribution is -2.29. The Hall–Kier alpha value is -3.42. The second-order valence-corrected chi connectivity index (χ2v) is 5.01. The zero-order valence-electron chi connectivity index (χ0n) is 13.8. The SMILES string of the molecule is COC1=C(Nc2ccc(OC)cc2OC)C(=O)c2nccnc2C1=O. The minimum atomic E-state index is -0.514. The molecule has 25 heavy (non-hydrogen) atoms. The van der Waals surface area contributed by atoms with Crippen LogP contribution in [-0.4, -0.2) is 42.9 Å². The normalized spacial score (nSPS) is 13.4. The van der Waals surface area contributed by atoms with Gasteiger partial charge in [0, 0.05) is 18.5 Å². The van der Waals surface area contributed by atoms with Crippen LogP contribution in [-0.2, 0) is 4.74 Å². The highest BCUT2D eigenvalue weighted by molar-refractivity contribution is 6.25. The molecular formula is C17H15N3O5. The molecule has 1 aliphatic rings. The average molecular weight is 341 g/mol. The molecular weight excluding hydrogens is 326 g/mol. The topological polar surface area (TPSA) is 99.6 Å². The average Bonchev–Trinajstić information content (AvgIpc) is 2.66. The first-order valence-electron chi connectivity index (χ1n) is 7.28. The lowest BCUT2D eigenvalue weighted by Gasteiger charge is -2.20. The van der Waals surface area contributed by atoms with Crippen LogP contribution in [0.25, 0.3) is 0 Å². The first-order chi connectivity index (χ1) is 12.1. The molecule has 0 amide bonds. The summed E-state index contributed by atoms with van der Waals surface area (Å²) in [5, 5.41) is 2.91. The Bertz CT molecular complexity index is 892. The monoisotopic (exact) mass is 341 g/mol. The molecule has 1 heterocycles. The molecule has 0 unspecified atom stereocenters. The van der Waals surface area contributed by atoms with Gasteiger partial charge in [0.1, 0.15) is 28.6 Å². The predicted molar refractivity (Wildman–Crippen MR) is 87.9 cm³/mol. The quantitative estimate of drug-likeness (QED) is 0.879. The molecule has 0 saturated heterocycles. The van der Waals surface area contributed by atoms with E-state index >= 15 is 0 Å². The zero-order chi connectivity index (χ0) is 18.0. The van der Waals surface area contributed by atoms with E-state index in [4.69, 9.17) is 14.2 Å². The van der Waals surface area contributed by atoms with Crippen molar-refractivity contribution in [3.8, 4) is 11.5 Å². The van der Waals surface area contributed by atoms with Crippen LogP contribution in [0.15, 0.2) is 42.0 Å². The largest absolute Gasteiger partial charge is 0.497 e. The van der Waals surface area contributed by atoms with Gasteiger partial charge >= 0.3 is 0 Å². The highest BCUT2D eigenvalue weighted by Gasteiger charge is 2.36. The second-order valence-electron chi connectivity index (χ2n) is 5.01. The number of ketones is 2. The number of nitrogens with one attached hydrogen (secondary N) is 1. The molecule has 0 bridgehead atoms. The van der Waals surface area contributed by atoms with Crippen molar-refractivity contribution in [3.05, 3.63) is 53.4 Å². The maximum atomic E-state index is 12.7. The molecule has 1 aromatic carbocycles. The molecule has 128 valence electrons. The van der Waals surface area contributed by atoms with Gasteiger partial charge in [-0.25, -0.2) is 9.97 Å². The minimum Gasteiger partial charge on any atom is -0.497 e. The fourth-order valence-corrected chi connectivity index (χ4v) is 2.46. The molecule has 0 saturated carbocycles. The third-order valence-electron chi connectivity index (χ3n) is 3.66. The van der Waals surface area contributed by atoms with E-state index in [9.17, 15) is 9.59 Å². The highest BCUT2D eigenvalue weighted by Crippen LogP contribution is 2.32. The third kappa shape index (κ3) is 2.78. The van der Waals surface area contributed by atoms with Crippen LogP contribution in [0.4, 0.5) is 5.69 Å². The number of fused-ring (bicyclic) bond motifs is 1. The lowest BCUT2D eigenvalue weighted by molar-refractivity contribution is 0.0899. The summed E-state index contributed by atoms with van der Waals surface area (Å²) in [6.45, 7) is 0. The summed E-state index contributed by atoms with van der Waals surface area (Å²) in [5.74, 6) is -0.105. The Morgan fingerprint density at radius 1 is 0.880 bits per heavy atom. The van der Waals surface area contributed by atoms with Crippen LogP contribution < -0.4 is 14.8 Å². The van der Waals surface area contributed by atoms with E-state index in [1.165, 1.54) is 33.7 Å². The molecule has 3 rings (SSSR count). The smallest absolute Gasteiger partial charge is 0.250 e. The number of nitrogens with zero attached hydrogens (tertiary/aromatic N) is 2. The molecule has 0 aliphatic heterocycles. The maximum absolute atomic E-state index is 12.7. The van der Waals surface area contributed by atoms with Gasteiger partial charge in [-0.15, -0.1) is 0 Å². The van der Waals surface area contributed by atoms with Gasteiger partial charge in [-0.3, -0.25) is 9.59 Å². The number of anilines is 1. The Labute approximate surface area is 143 Å². The van der Waals surface area contributed by atoms with E-state index in [1.54, 1.807) is 18.2 Å². The molecule has 8 heteroatoms. The van der Waals surface area contributed by atoms with Crippen LogP contribution in [0.2, 0.25) is 0 Å². The van der Waals surface area contributed by atoms with Gasteiger partial charge in [0.15, 0.2) is 5.76 Å². The van der Waals surface area contributed by atoms with E-state index < -0.39 is 11.6 Å². The van der Waals surface area contributed by atoms with Crippen molar-refractivity contribution in [2.45, 2.75) is 0 Å². The van der Waals surface area contributed by atoms with Crippen molar-refractivity contribution < 1.29 is 23.8 Å². The molecule has 1 aliphatic carbocycles. The van der Waals surface area contributed by atoms with E-state index in [2.05, 4.69) is 15.3 Å². The molecule has 8 nitrogen and oxygen atoms in total. The summed E-state index contributed by atoms with van der Waals surface area (Å²) in [4.78, 5) is 33.2. The number of hydrogen-bond donors (Lipinski definition) is 1. The van der Waals surface area contributed by atoms with Crippen LogP contribution in [0.5, 0.6) is 11.5 Å². The van der Waals surface area contributed by atoms with Crippen molar-refractivity contribution in [2.75, 3.05) is 26.6 Å². The molecule has 0 atom stereocenters. The van der Waals surface area contributed by atoms with Crippen LogP contribution in [0.1, 0.15) is 21.0 Å². The summed E-state index contributed by atoms with van der Waals surface area (Å²) in [7, 11) is 4.33. The second kappa shape index (κ2) is 6.60. The number of benzene rings is 1. The van der Waals surface area contributed by atoms with Gasteiger partial charge in [0.2, 0.25) is 5.78 Å². The first-order valence-corrected chi connectivity index (χ1v) is 7.28. The van der Waals surface area contributed by atoms with Gasteiger partial charge in [-0.05, 0) is 12.1 Å². The first kappa shape index (κ1) is 16.4. The van der Waals surface area contributed by atoms with Gasteiger partial charge in [-0.2, -0.15) is 0 Å². The number of methoxy groups -OCH3 is 3. The van der Waals surface area contributed by atoms with Gasteiger partial charge in [0.25, 0.3) is 5.78 Å². The van der Waals surface area contributed by atoms with E-state index in [0.29, 0.717) is 17.2 Å². The Balaban J connectivity index is 2.07. The summed E-state index contributed by atoms with van der Waals surface area (Å²) < 4.78 is 15.6. The van der Waals surface area contributed by atoms with Crippen molar-refractivity contribution in [1.29, 1.82) is 0 Å². The number of rotatable bonds is 5. The fourth-order valence-electron chi connectivity index (χ4n) is 2.46.